The van der Waals surface area contributed by atoms with Crippen molar-refractivity contribution in [2.24, 2.45) is 0 Å². The molecule has 0 bridgehead atoms. The Morgan fingerprint density at radius 2 is 1.60 bits per heavy atom. The van der Waals surface area contributed by atoms with E-state index in [4.69, 9.17) is 4.74 Å². The van der Waals surface area contributed by atoms with Gasteiger partial charge in [-0.05, 0) is 64.6 Å². The van der Waals surface area contributed by atoms with Crippen molar-refractivity contribution in [3.63, 3.8) is 0 Å². The summed E-state index contributed by atoms with van der Waals surface area (Å²) >= 11 is 2.13. The van der Waals surface area contributed by atoms with Crippen molar-refractivity contribution in [2.45, 2.75) is 11.5 Å². The SMILES string of the molecule is O=S(=O)(Nc1cccc(OCc2ccccc2)c1)c1ccc(I)cc1. The van der Waals surface area contributed by atoms with Crippen LogP contribution in [-0.4, -0.2) is 8.42 Å². The van der Waals surface area contributed by atoms with Crippen LogP contribution in [0.2, 0.25) is 0 Å². The maximum Gasteiger partial charge on any atom is 0.261 e. The zero-order valence-electron chi connectivity index (χ0n) is 13.2. The smallest absolute Gasteiger partial charge is 0.261 e. The Kier molecular flexibility index (Phi) is 5.60. The minimum absolute atomic E-state index is 0.225. The summed E-state index contributed by atoms with van der Waals surface area (Å²) in [7, 11) is -3.62. The van der Waals surface area contributed by atoms with Crippen molar-refractivity contribution < 1.29 is 13.2 Å². The lowest BCUT2D eigenvalue weighted by Crippen LogP contribution is -2.12. The summed E-state index contributed by atoms with van der Waals surface area (Å²) in [5, 5.41) is 0. The van der Waals surface area contributed by atoms with Crippen molar-refractivity contribution in [2.75, 3.05) is 4.72 Å². The van der Waals surface area contributed by atoms with E-state index >= 15 is 0 Å². The Morgan fingerprint density at radius 1 is 0.880 bits per heavy atom. The second kappa shape index (κ2) is 7.88. The number of sulfonamides is 1. The average molecular weight is 465 g/mol. The lowest BCUT2D eigenvalue weighted by atomic mass is 10.2. The van der Waals surface area contributed by atoms with E-state index in [0.29, 0.717) is 18.0 Å². The van der Waals surface area contributed by atoms with Gasteiger partial charge in [0.1, 0.15) is 12.4 Å². The molecule has 0 spiro atoms. The van der Waals surface area contributed by atoms with Gasteiger partial charge in [-0.25, -0.2) is 8.42 Å². The van der Waals surface area contributed by atoms with Crippen molar-refractivity contribution in [1.29, 1.82) is 0 Å². The van der Waals surface area contributed by atoms with Crippen LogP contribution in [0.25, 0.3) is 0 Å². The Hall–Kier alpha value is -2.06. The van der Waals surface area contributed by atoms with Gasteiger partial charge < -0.3 is 4.74 Å². The van der Waals surface area contributed by atoms with Crippen LogP contribution >= 0.6 is 22.6 Å². The van der Waals surface area contributed by atoms with Crippen LogP contribution in [0.5, 0.6) is 5.75 Å². The van der Waals surface area contributed by atoms with Gasteiger partial charge >= 0.3 is 0 Å². The molecule has 0 aromatic heterocycles. The van der Waals surface area contributed by atoms with Crippen LogP contribution in [0.1, 0.15) is 5.56 Å². The third-order valence-electron chi connectivity index (χ3n) is 3.46. The molecule has 3 aromatic rings. The molecule has 0 fully saturated rings. The summed E-state index contributed by atoms with van der Waals surface area (Å²) in [6.07, 6.45) is 0. The van der Waals surface area contributed by atoms with Gasteiger partial charge in [0.2, 0.25) is 0 Å². The summed E-state index contributed by atoms with van der Waals surface area (Å²) in [6, 6.07) is 23.4. The molecule has 0 aliphatic heterocycles. The Bertz CT molecular complexity index is 942. The molecule has 128 valence electrons. The number of ether oxygens (including phenoxy) is 1. The highest BCUT2D eigenvalue weighted by molar-refractivity contribution is 14.1. The number of nitrogens with one attached hydrogen (secondary N) is 1. The molecule has 0 unspecified atom stereocenters. The van der Waals surface area contributed by atoms with E-state index < -0.39 is 10.0 Å². The van der Waals surface area contributed by atoms with Crippen LogP contribution in [0.15, 0.2) is 83.8 Å². The first kappa shape index (κ1) is 17.8. The molecule has 0 saturated carbocycles. The molecule has 6 heteroatoms. The highest BCUT2D eigenvalue weighted by Crippen LogP contribution is 2.22. The van der Waals surface area contributed by atoms with Crippen molar-refractivity contribution in [3.05, 3.63) is 88.0 Å². The normalized spacial score (nSPS) is 11.1. The number of benzene rings is 3. The van der Waals surface area contributed by atoms with Gasteiger partial charge in [0.15, 0.2) is 0 Å². The molecule has 25 heavy (non-hydrogen) atoms. The molecule has 0 aliphatic rings. The summed E-state index contributed by atoms with van der Waals surface area (Å²) < 4.78 is 34.2. The van der Waals surface area contributed by atoms with Gasteiger partial charge in [-0.3, -0.25) is 4.72 Å². The number of hydrogen-bond donors (Lipinski definition) is 1. The lowest BCUT2D eigenvalue weighted by molar-refractivity contribution is 0.306. The molecule has 3 aromatic carbocycles. The standard InChI is InChI=1S/C19H16INO3S/c20-16-9-11-19(12-10-16)25(22,23)21-17-7-4-8-18(13-17)24-14-15-5-2-1-3-6-15/h1-13,21H,14H2. The predicted octanol–water partition coefficient (Wildman–Crippen LogP) is 4.67. The molecular formula is C19H16INO3S. The Morgan fingerprint density at radius 3 is 2.32 bits per heavy atom. The third kappa shape index (κ3) is 4.96. The van der Waals surface area contributed by atoms with E-state index in [0.717, 1.165) is 9.13 Å². The maximum atomic E-state index is 12.4. The van der Waals surface area contributed by atoms with E-state index in [1.54, 1.807) is 48.5 Å². The molecule has 0 atom stereocenters. The van der Waals surface area contributed by atoms with Gasteiger partial charge in [0.25, 0.3) is 10.0 Å². The Labute approximate surface area is 161 Å². The highest BCUT2D eigenvalue weighted by atomic mass is 127. The first-order valence-electron chi connectivity index (χ1n) is 7.58. The van der Waals surface area contributed by atoms with E-state index in [9.17, 15) is 8.42 Å². The summed E-state index contributed by atoms with van der Waals surface area (Å²) in [6.45, 7) is 0.425. The van der Waals surface area contributed by atoms with E-state index in [2.05, 4.69) is 27.3 Å². The number of hydrogen-bond acceptors (Lipinski definition) is 3. The molecule has 0 saturated heterocycles. The molecule has 0 radical (unpaired) electrons. The fraction of sp³-hybridized carbons (Fsp3) is 0.0526. The first-order valence-corrected chi connectivity index (χ1v) is 10.1. The van der Waals surface area contributed by atoms with Gasteiger partial charge in [-0.2, -0.15) is 0 Å². The van der Waals surface area contributed by atoms with Crippen LogP contribution < -0.4 is 9.46 Å². The predicted molar refractivity (Wildman–Crippen MR) is 107 cm³/mol. The van der Waals surface area contributed by atoms with Crippen LogP contribution in [-0.2, 0) is 16.6 Å². The van der Waals surface area contributed by atoms with Gasteiger partial charge in [-0.1, -0.05) is 36.4 Å². The molecule has 0 heterocycles. The monoisotopic (exact) mass is 465 g/mol. The lowest BCUT2D eigenvalue weighted by Gasteiger charge is -2.11. The summed E-state index contributed by atoms with van der Waals surface area (Å²) in [5.41, 5.74) is 1.51. The largest absolute Gasteiger partial charge is 0.489 e. The molecule has 4 nitrogen and oxygen atoms in total. The van der Waals surface area contributed by atoms with Gasteiger partial charge in [0.05, 0.1) is 10.6 Å². The van der Waals surface area contributed by atoms with Crippen LogP contribution in [0.4, 0.5) is 5.69 Å². The molecular weight excluding hydrogens is 449 g/mol. The fourth-order valence-corrected chi connectivity index (χ4v) is 3.63. The van der Waals surface area contributed by atoms with Crippen molar-refractivity contribution in [3.8, 4) is 5.75 Å². The number of anilines is 1. The topological polar surface area (TPSA) is 55.4 Å². The number of rotatable bonds is 6. The summed E-state index contributed by atoms with van der Waals surface area (Å²) in [4.78, 5) is 0.225. The van der Waals surface area contributed by atoms with Crippen LogP contribution in [0.3, 0.4) is 0 Å². The quantitative estimate of drug-likeness (QED) is 0.539. The fourth-order valence-electron chi connectivity index (χ4n) is 2.22. The molecule has 0 aliphatic carbocycles. The second-order valence-electron chi connectivity index (χ2n) is 5.36. The zero-order valence-corrected chi connectivity index (χ0v) is 16.2. The minimum Gasteiger partial charge on any atom is -0.489 e. The third-order valence-corrected chi connectivity index (χ3v) is 5.57. The maximum absolute atomic E-state index is 12.4. The van der Waals surface area contributed by atoms with Gasteiger partial charge in [-0.15, -0.1) is 0 Å². The second-order valence-corrected chi connectivity index (χ2v) is 8.29. The molecule has 3 rings (SSSR count). The van der Waals surface area contributed by atoms with E-state index in [-0.39, 0.29) is 4.90 Å². The van der Waals surface area contributed by atoms with Crippen molar-refractivity contribution >= 4 is 38.3 Å². The molecule has 1 N–H and O–H groups in total. The molecule has 0 amide bonds. The van der Waals surface area contributed by atoms with Crippen molar-refractivity contribution in [1.82, 2.24) is 0 Å². The summed E-state index contributed by atoms with van der Waals surface area (Å²) in [5.74, 6) is 0.603. The minimum atomic E-state index is -3.62. The van der Waals surface area contributed by atoms with Crippen LogP contribution in [0, 0.1) is 3.57 Å². The Balaban J connectivity index is 1.72. The zero-order chi connectivity index (χ0) is 17.7. The first-order chi connectivity index (χ1) is 12.0. The average Bonchev–Trinajstić information content (AvgIpc) is 2.61. The van der Waals surface area contributed by atoms with E-state index in [1.165, 1.54) is 0 Å². The number of halogens is 1. The van der Waals surface area contributed by atoms with E-state index in [1.807, 2.05) is 30.3 Å². The highest BCUT2D eigenvalue weighted by Gasteiger charge is 2.14. The van der Waals surface area contributed by atoms with Gasteiger partial charge in [0, 0.05) is 9.64 Å².